The van der Waals surface area contributed by atoms with Crippen molar-refractivity contribution in [3.8, 4) is 0 Å². The highest BCUT2D eigenvalue weighted by molar-refractivity contribution is 9.10. The number of aliphatic hydroxyl groups excluding tert-OH is 1. The minimum atomic E-state index is -0.496. The smallest absolute Gasteiger partial charge is 0.0845 e. The molecule has 1 unspecified atom stereocenters. The molecule has 1 aromatic heterocycles. The van der Waals surface area contributed by atoms with Crippen LogP contribution in [0.5, 0.6) is 0 Å². The molecule has 0 bridgehead atoms. The number of aliphatic hydroxyl groups is 1. The van der Waals surface area contributed by atoms with Crippen LogP contribution in [0, 0.1) is 0 Å². The maximum atomic E-state index is 10.2. The van der Waals surface area contributed by atoms with Gasteiger partial charge in [-0.2, -0.15) is 0 Å². The van der Waals surface area contributed by atoms with Crippen LogP contribution in [0.25, 0.3) is 0 Å². The van der Waals surface area contributed by atoms with Crippen molar-refractivity contribution in [2.45, 2.75) is 25.9 Å². The van der Waals surface area contributed by atoms with Gasteiger partial charge in [0.1, 0.15) is 0 Å². The molecule has 0 aliphatic carbocycles. The summed E-state index contributed by atoms with van der Waals surface area (Å²) in [6, 6.07) is 12.0. The van der Waals surface area contributed by atoms with Crippen LogP contribution < -0.4 is 0 Å². The Hall–Kier alpha value is -1.19. The third-order valence-corrected chi connectivity index (χ3v) is 3.43. The molecule has 1 aromatic carbocycles. The Morgan fingerprint density at radius 1 is 1.17 bits per heavy atom. The minimum Gasteiger partial charge on any atom is -0.388 e. The number of halogens is 1. The molecule has 2 aromatic rings. The molecule has 3 heteroatoms. The van der Waals surface area contributed by atoms with Gasteiger partial charge in [0.15, 0.2) is 0 Å². The zero-order valence-corrected chi connectivity index (χ0v) is 11.9. The summed E-state index contributed by atoms with van der Waals surface area (Å²) in [7, 11) is 0. The monoisotopic (exact) mass is 305 g/mol. The number of nitrogens with zero attached hydrogens (tertiary/aromatic N) is 1. The summed E-state index contributed by atoms with van der Waals surface area (Å²) < 4.78 is 0.952. The fraction of sp³-hybridized carbons (Fsp3) is 0.267. The van der Waals surface area contributed by atoms with Crippen molar-refractivity contribution in [1.29, 1.82) is 0 Å². The van der Waals surface area contributed by atoms with Gasteiger partial charge in [-0.15, -0.1) is 0 Å². The zero-order valence-electron chi connectivity index (χ0n) is 10.3. The zero-order chi connectivity index (χ0) is 13.0. The van der Waals surface area contributed by atoms with Gasteiger partial charge in [-0.1, -0.05) is 31.2 Å². The fourth-order valence-corrected chi connectivity index (χ4v) is 2.05. The van der Waals surface area contributed by atoms with E-state index in [1.807, 2.05) is 24.3 Å². The molecule has 0 amide bonds. The Labute approximate surface area is 116 Å². The lowest BCUT2D eigenvalue weighted by Gasteiger charge is -2.11. The molecule has 0 saturated heterocycles. The Kier molecular flexibility index (Phi) is 4.50. The number of rotatable bonds is 4. The molecule has 1 atom stereocenters. The van der Waals surface area contributed by atoms with E-state index in [0.717, 1.165) is 22.2 Å². The predicted octanol–water partition coefficient (Wildman–Crippen LogP) is 3.68. The van der Waals surface area contributed by atoms with Crippen molar-refractivity contribution in [3.05, 3.63) is 63.9 Å². The Balaban J connectivity index is 2.06. The van der Waals surface area contributed by atoms with Crippen LogP contribution in [-0.2, 0) is 12.8 Å². The number of aryl methyl sites for hydroxylation is 1. The first kappa shape index (κ1) is 13.2. The largest absolute Gasteiger partial charge is 0.388 e. The topological polar surface area (TPSA) is 33.1 Å². The summed E-state index contributed by atoms with van der Waals surface area (Å²) >= 11 is 3.35. The van der Waals surface area contributed by atoms with Gasteiger partial charge in [0.2, 0.25) is 0 Å². The van der Waals surface area contributed by atoms with E-state index in [1.165, 1.54) is 5.56 Å². The van der Waals surface area contributed by atoms with Crippen LogP contribution in [-0.4, -0.2) is 10.1 Å². The maximum Gasteiger partial charge on any atom is 0.0845 e. The lowest BCUT2D eigenvalue weighted by molar-refractivity contribution is 0.177. The average molecular weight is 306 g/mol. The summed E-state index contributed by atoms with van der Waals surface area (Å²) in [5.74, 6) is 0. The summed E-state index contributed by atoms with van der Waals surface area (Å²) in [6.07, 6.45) is 2.82. The lowest BCUT2D eigenvalue weighted by atomic mass is 10.0. The molecule has 2 nitrogen and oxygen atoms in total. The van der Waals surface area contributed by atoms with E-state index in [4.69, 9.17) is 0 Å². The molecule has 1 N–H and O–H groups in total. The van der Waals surface area contributed by atoms with E-state index >= 15 is 0 Å². The molecular weight excluding hydrogens is 290 g/mol. The molecule has 0 fully saturated rings. The molecule has 94 valence electrons. The Morgan fingerprint density at radius 3 is 2.44 bits per heavy atom. The molecule has 1 heterocycles. The summed E-state index contributed by atoms with van der Waals surface area (Å²) in [5, 5.41) is 10.2. The molecule has 0 spiro atoms. The van der Waals surface area contributed by atoms with Gasteiger partial charge in [0.25, 0.3) is 0 Å². The third-order valence-electron chi connectivity index (χ3n) is 2.96. The van der Waals surface area contributed by atoms with Gasteiger partial charge in [0.05, 0.1) is 6.10 Å². The Bertz CT molecular complexity index is 493. The van der Waals surface area contributed by atoms with Crippen molar-refractivity contribution in [2.24, 2.45) is 0 Å². The van der Waals surface area contributed by atoms with E-state index < -0.39 is 6.10 Å². The van der Waals surface area contributed by atoms with Crippen LogP contribution in [0.2, 0.25) is 0 Å². The minimum absolute atomic E-state index is 0.496. The highest BCUT2D eigenvalue weighted by Crippen LogP contribution is 2.19. The van der Waals surface area contributed by atoms with Crippen molar-refractivity contribution in [1.82, 2.24) is 4.98 Å². The van der Waals surface area contributed by atoms with E-state index in [2.05, 4.69) is 40.0 Å². The van der Waals surface area contributed by atoms with Crippen molar-refractivity contribution < 1.29 is 5.11 Å². The lowest BCUT2D eigenvalue weighted by Crippen LogP contribution is -2.03. The second-order valence-electron chi connectivity index (χ2n) is 4.28. The van der Waals surface area contributed by atoms with Crippen molar-refractivity contribution >= 4 is 15.9 Å². The van der Waals surface area contributed by atoms with E-state index in [0.29, 0.717) is 6.42 Å². The fourth-order valence-electron chi connectivity index (χ4n) is 1.82. The van der Waals surface area contributed by atoms with Crippen LogP contribution >= 0.6 is 15.9 Å². The number of benzene rings is 1. The molecular formula is C15H16BrNO. The quantitative estimate of drug-likeness (QED) is 0.934. The van der Waals surface area contributed by atoms with E-state index in [9.17, 15) is 5.11 Å². The molecule has 0 radical (unpaired) electrons. The van der Waals surface area contributed by atoms with Crippen LogP contribution in [0.15, 0.2) is 47.1 Å². The van der Waals surface area contributed by atoms with Gasteiger partial charge in [-0.3, -0.25) is 4.98 Å². The number of aromatic nitrogens is 1. The number of pyridine rings is 1. The molecule has 2 rings (SSSR count). The first-order chi connectivity index (χ1) is 8.69. The second-order valence-corrected chi connectivity index (χ2v) is 5.20. The molecule has 0 aliphatic heterocycles. The molecule has 0 saturated carbocycles. The first-order valence-electron chi connectivity index (χ1n) is 6.06. The molecule has 18 heavy (non-hydrogen) atoms. The Morgan fingerprint density at radius 2 is 1.89 bits per heavy atom. The van der Waals surface area contributed by atoms with Crippen LogP contribution in [0.1, 0.15) is 29.8 Å². The first-order valence-corrected chi connectivity index (χ1v) is 6.85. The standard InChI is InChI=1S/C15H16BrNO/c1-2-11-3-5-12(6-4-11)15(18)9-14-8-7-13(16)10-17-14/h3-8,10,15,18H,2,9H2,1H3. The van der Waals surface area contributed by atoms with Gasteiger partial charge < -0.3 is 5.11 Å². The van der Waals surface area contributed by atoms with Gasteiger partial charge >= 0.3 is 0 Å². The summed E-state index contributed by atoms with van der Waals surface area (Å²) in [4.78, 5) is 4.27. The van der Waals surface area contributed by atoms with Crippen molar-refractivity contribution in [2.75, 3.05) is 0 Å². The van der Waals surface area contributed by atoms with Gasteiger partial charge in [-0.05, 0) is 45.6 Å². The second kappa shape index (κ2) is 6.12. The number of hydrogen-bond donors (Lipinski definition) is 1. The molecule has 0 aliphatic rings. The van der Waals surface area contributed by atoms with Gasteiger partial charge in [0, 0.05) is 22.8 Å². The highest BCUT2D eigenvalue weighted by Gasteiger charge is 2.09. The SMILES string of the molecule is CCc1ccc(C(O)Cc2ccc(Br)cn2)cc1. The highest BCUT2D eigenvalue weighted by atomic mass is 79.9. The summed E-state index contributed by atoms with van der Waals surface area (Å²) in [6.45, 7) is 2.12. The van der Waals surface area contributed by atoms with Crippen molar-refractivity contribution in [3.63, 3.8) is 0 Å². The van der Waals surface area contributed by atoms with E-state index in [-0.39, 0.29) is 0 Å². The predicted molar refractivity (Wildman–Crippen MR) is 76.4 cm³/mol. The summed E-state index contributed by atoms with van der Waals surface area (Å²) in [5.41, 5.74) is 3.12. The maximum absolute atomic E-state index is 10.2. The van der Waals surface area contributed by atoms with E-state index in [1.54, 1.807) is 6.20 Å². The normalized spacial score (nSPS) is 12.4. The third kappa shape index (κ3) is 3.40. The number of hydrogen-bond acceptors (Lipinski definition) is 2. The van der Waals surface area contributed by atoms with Crippen LogP contribution in [0.3, 0.4) is 0 Å². The average Bonchev–Trinajstić information content (AvgIpc) is 2.41. The van der Waals surface area contributed by atoms with Crippen LogP contribution in [0.4, 0.5) is 0 Å². The van der Waals surface area contributed by atoms with Gasteiger partial charge in [-0.25, -0.2) is 0 Å².